The van der Waals surface area contributed by atoms with Crippen LogP contribution in [-0.4, -0.2) is 38.2 Å². The minimum Gasteiger partial charge on any atom is -0.382 e. The Labute approximate surface area is 184 Å². The lowest BCUT2D eigenvalue weighted by Gasteiger charge is -2.08. The van der Waals surface area contributed by atoms with E-state index < -0.39 is 0 Å². The van der Waals surface area contributed by atoms with Crippen molar-refractivity contribution in [2.75, 3.05) is 5.73 Å². The Bertz CT molecular complexity index is 1350. The molecule has 0 aliphatic rings. The van der Waals surface area contributed by atoms with E-state index in [0.717, 1.165) is 57.1 Å². The van der Waals surface area contributed by atoms with Gasteiger partial charge in [-0.1, -0.05) is 32.1 Å². The van der Waals surface area contributed by atoms with E-state index in [-0.39, 0.29) is 11.2 Å². The molecule has 11 heteroatoms. The number of anilines is 1. The Kier molecular flexibility index (Phi) is 6.33. The number of hydrogen-bond acceptors (Lipinski definition) is 7. The molecule has 0 aliphatic heterocycles. The van der Waals surface area contributed by atoms with Crippen molar-refractivity contribution in [3.8, 4) is 0 Å². The number of aryl methyl sites for hydroxylation is 3. The third kappa shape index (κ3) is 4.14. The van der Waals surface area contributed by atoms with E-state index in [1.54, 1.807) is 31.3 Å². The molecule has 0 saturated carbocycles. The van der Waals surface area contributed by atoms with Crippen LogP contribution >= 0.6 is 0 Å². The number of fused-ring (bicyclic) bond motifs is 2. The first-order valence-corrected chi connectivity index (χ1v) is 11.0. The van der Waals surface area contributed by atoms with Crippen molar-refractivity contribution in [3.05, 3.63) is 39.8 Å². The fraction of sp³-hybridized carbons (Fsp3) is 0.524. The predicted molar refractivity (Wildman–Crippen MR) is 122 cm³/mol. The van der Waals surface area contributed by atoms with Crippen LogP contribution in [0.5, 0.6) is 0 Å². The van der Waals surface area contributed by atoms with E-state index in [1.165, 1.54) is 15.5 Å². The lowest BCUT2D eigenvalue weighted by Crippen LogP contribution is -2.39. The summed E-state index contributed by atoms with van der Waals surface area (Å²) in [5, 5.41) is 0. The normalized spacial score (nSPS) is 11.7. The van der Waals surface area contributed by atoms with Crippen molar-refractivity contribution in [2.24, 2.45) is 14.1 Å². The Balaban J connectivity index is 1.18. The molecule has 0 aromatic carbocycles. The molecule has 0 atom stereocenters. The first-order chi connectivity index (χ1) is 15.5. The van der Waals surface area contributed by atoms with Crippen LogP contribution in [0.2, 0.25) is 0 Å². The van der Waals surface area contributed by atoms with Crippen molar-refractivity contribution >= 4 is 28.1 Å². The second-order valence-electron chi connectivity index (χ2n) is 8.17. The zero-order chi connectivity index (χ0) is 22.7. The molecule has 0 saturated heterocycles. The summed E-state index contributed by atoms with van der Waals surface area (Å²) < 4.78 is 6.46. The van der Waals surface area contributed by atoms with Gasteiger partial charge in [0, 0.05) is 27.2 Å². The Morgan fingerprint density at radius 3 is 2.25 bits per heavy atom. The van der Waals surface area contributed by atoms with Gasteiger partial charge in [0.15, 0.2) is 22.6 Å². The molecule has 2 N–H and O–H groups in total. The fourth-order valence-corrected chi connectivity index (χ4v) is 4.09. The van der Waals surface area contributed by atoms with Crippen molar-refractivity contribution < 1.29 is 0 Å². The van der Waals surface area contributed by atoms with Gasteiger partial charge in [-0.3, -0.25) is 13.9 Å². The molecule has 0 bridgehead atoms. The van der Waals surface area contributed by atoms with E-state index in [0.29, 0.717) is 29.0 Å². The molecule has 0 amide bonds. The molecule has 0 spiro atoms. The number of rotatable bonds is 10. The van der Waals surface area contributed by atoms with Crippen molar-refractivity contribution in [1.29, 1.82) is 0 Å². The number of aromatic nitrogens is 8. The van der Waals surface area contributed by atoms with Gasteiger partial charge in [-0.25, -0.2) is 24.7 Å². The SMILES string of the molecule is Cn1cnc2c1c(=O)n(CCCCCCCCCn1cnc3c(N)ncnc31)c(=O)n2C. The van der Waals surface area contributed by atoms with Gasteiger partial charge >= 0.3 is 5.69 Å². The van der Waals surface area contributed by atoms with Gasteiger partial charge in [-0.15, -0.1) is 0 Å². The highest BCUT2D eigenvalue weighted by Gasteiger charge is 2.14. The standard InChI is InChI=1S/C21H29N9O2/c1-27-13-26-19-16(27)20(31)30(21(32)28(19)2)11-9-7-5-3-4-6-8-10-29-14-25-15-17(22)23-12-24-18(15)29/h12-14H,3-11H2,1-2H3,(H2,22,23,24). The summed E-state index contributed by atoms with van der Waals surface area (Å²) in [6.07, 6.45) is 12.1. The number of nitrogens with two attached hydrogens (primary N) is 1. The van der Waals surface area contributed by atoms with Crippen LogP contribution < -0.4 is 17.0 Å². The highest BCUT2D eigenvalue weighted by atomic mass is 16.2. The molecule has 0 radical (unpaired) electrons. The van der Waals surface area contributed by atoms with Crippen LogP contribution in [0.25, 0.3) is 22.3 Å². The number of nitrogens with zero attached hydrogens (tertiary/aromatic N) is 8. The summed E-state index contributed by atoms with van der Waals surface area (Å²) >= 11 is 0. The van der Waals surface area contributed by atoms with Gasteiger partial charge in [-0.2, -0.15) is 0 Å². The molecule has 0 aliphatic carbocycles. The Hall–Kier alpha value is -3.50. The second kappa shape index (κ2) is 9.33. The highest BCUT2D eigenvalue weighted by Crippen LogP contribution is 2.15. The van der Waals surface area contributed by atoms with Crippen LogP contribution in [0.15, 0.2) is 28.6 Å². The lowest BCUT2D eigenvalue weighted by atomic mass is 10.1. The summed E-state index contributed by atoms with van der Waals surface area (Å²) in [6.45, 7) is 1.29. The average Bonchev–Trinajstić information content (AvgIpc) is 3.37. The number of nitrogen functional groups attached to an aromatic ring is 1. The monoisotopic (exact) mass is 439 g/mol. The van der Waals surface area contributed by atoms with Crippen LogP contribution in [0.1, 0.15) is 44.9 Å². The summed E-state index contributed by atoms with van der Waals surface area (Å²) in [6, 6.07) is 0. The topological polar surface area (TPSA) is 131 Å². The van der Waals surface area contributed by atoms with Crippen LogP contribution in [0.4, 0.5) is 5.82 Å². The smallest absolute Gasteiger partial charge is 0.332 e. The van der Waals surface area contributed by atoms with Crippen molar-refractivity contribution in [1.82, 2.24) is 38.2 Å². The summed E-state index contributed by atoms with van der Waals surface area (Å²) in [5.74, 6) is 0.411. The van der Waals surface area contributed by atoms with Crippen molar-refractivity contribution in [2.45, 2.75) is 58.0 Å². The molecular weight excluding hydrogens is 410 g/mol. The molecule has 0 fully saturated rings. The van der Waals surface area contributed by atoms with E-state index in [2.05, 4.69) is 19.9 Å². The molecule has 170 valence electrons. The van der Waals surface area contributed by atoms with Gasteiger partial charge in [0.1, 0.15) is 11.8 Å². The third-order valence-electron chi connectivity index (χ3n) is 5.91. The number of hydrogen-bond donors (Lipinski definition) is 1. The van der Waals surface area contributed by atoms with Gasteiger partial charge in [0.2, 0.25) is 0 Å². The second-order valence-corrected chi connectivity index (χ2v) is 8.17. The lowest BCUT2D eigenvalue weighted by molar-refractivity contribution is 0.513. The summed E-state index contributed by atoms with van der Waals surface area (Å²) in [7, 11) is 3.42. The van der Waals surface area contributed by atoms with E-state index in [4.69, 9.17) is 5.73 Å². The van der Waals surface area contributed by atoms with Crippen LogP contribution in [0.3, 0.4) is 0 Å². The Morgan fingerprint density at radius 2 is 1.50 bits per heavy atom. The maximum atomic E-state index is 12.7. The van der Waals surface area contributed by atoms with E-state index in [1.807, 2.05) is 4.57 Å². The maximum absolute atomic E-state index is 12.7. The van der Waals surface area contributed by atoms with Gasteiger partial charge in [0.05, 0.1) is 12.7 Å². The Morgan fingerprint density at radius 1 is 0.812 bits per heavy atom. The molecule has 4 aromatic heterocycles. The first kappa shape index (κ1) is 21.7. The average molecular weight is 440 g/mol. The molecule has 4 heterocycles. The number of unbranched alkanes of at least 4 members (excludes halogenated alkanes) is 6. The largest absolute Gasteiger partial charge is 0.382 e. The van der Waals surface area contributed by atoms with Gasteiger partial charge in [0.25, 0.3) is 5.56 Å². The quantitative estimate of drug-likeness (QED) is 0.371. The van der Waals surface area contributed by atoms with Crippen molar-refractivity contribution in [3.63, 3.8) is 0 Å². The summed E-state index contributed by atoms with van der Waals surface area (Å²) in [5.41, 5.74) is 7.59. The molecule has 4 rings (SSSR count). The van der Waals surface area contributed by atoms with Crippen LogP contribution in [0, 0.1) is 0 Å². The minimum atomic E-state index is -0.305. The molecule has 4 aromatic rings. The van der Waals surface area contributed by atoms with Gasteiger partial charge < -0.3 is 14.9 Å². The predicted octanol–water partition coefficient (Wildman–Crippen LogP) is 1.59. The molecule has 32 heavy (non-hydrogen) atoms. The number of imidazole rings is 2. The molecule has 0 unspecified atom stereocenters. The third-order valence-corrected chi connectivity index (χ3v) is 5.91. The fourth-order valence-electron chi connectivity index (χ4n) is 4.09. The minimum absolute atomic E-state index is 0.262. The zero-order valence-electron chi connectivity index (χ0n) is 18.6. The molecular formula is C21H29N9O2. The highest BCUT2D eigenvalue weighted by molar-refractivity contribution is 5.81. The van der Waals surface area contributed by atoms with Gasteiger partial charge in [-0.05, 0) is 12.8 Å². The van der Waals surface area contributed by atoms with E-state index in [9.17, 15) is 9.59 Å². The molecule has 11 nitrogen and oxygen atoms in total. The zero-order valence-corrected chi connectivity index (χ0v) is 18.6. The van der Waals surface area contributed by atoms with Crippen LogP contribution in [-0.2, 0) is 27.2 Å². The first-order valence-electron chi connectivity index (χ1n) is 11.0. The maximum Gasteiger partial charge on any atom is 0.332 e. The summed E-state index contributed by atoms with van der Waals surface area (Å²) in [4.78, 5) is 41.9. The van der Waals surface area contributed by atoms with E-state index >= 15 is 0 Å².